The van der Waals surface area contributed by atoms with Gasteiger partial charge in [0.2, 0.25) is 5.96 Å². The predicted octanol–water partition coefficient (Wildman–Crippen LogP) is 1.17. The molecule has 0 atom stereocenters. The van der Waals surface area contributed by atoms with Crippen LogP contribution in [0.15, 0.2) is 29.3 Å². The van der Waals surface area contributed by atoms with Crippen LogP contribution < -0.4 is 10.9 Å². The molecule has 1 aromatic carbocycles. The van der Waals surface area contributed by atoms with E-state index in [9.17, 15) is 0 Å². The number of hydrogen-bond acceptors (Lipinski definition) is 4. The lowest BCUT2D eigenvalue weighted by molar-refractivity contribution is 0.594. The van der Waals surface area contributed by atoms with Crippen molar-refractivity contribution in [1.82, 2.24) is 10.3 Å². The zero-order valence-electron chi connectivity index (χ0n) is 7.70. The van der Waals surface area contributed by atoms with Gasteiger partial charge in [-0.2, -0.15) is 0 Å². The van der Waals surface area contributed by atoms with Gasteiger partial charge in [0.1, 0.15) is 0 Å². The van der Waals surface area contributed by atoms with Crippen LogP contribution in [0.25, 0.3) is 0 Å². The highest BCUT2D eigenvalue weighted by Gasteiger charge is 2.09. The fourth-order valence-electron chi connectivity index (χ4n) is 1.15. The third kappa shape index (κ3) is 1.42. The largest absolute Gasteiger partial charge is 0.347 e. The average molecular weight is 176 g/mol. The lowest BCUT2D eigenvalue weighted by Gasteiger charge is -2.23. The summed E-state index contributed by atoms with van der Waals surface area (Å²) in [6, 6.07) is 7.91. The lowest BCUT2D eigenvalue weighted by Crippen LogP contribution is -2.41. The van der Waals surface area contributed by atoms with Crippen LogP contribution in [0.2, 0.25) is 0 Å². The van der Waals surface area contributed by atoms with E-state index in [4.69, 9.17) is 0 Å². The number of nitrogens with zero attached hydrogens (tertiary/aromatic N) is 2. The highest BCUT2D eigenvalue weighted by molar-refractivity contribution is 5.89. The van der Waals surface area contributed by atoms with Crippen molar-refractivity contribution in [2.75, 3.05) is 19.5 Å². The second-order valence-electron chi connectivity index (χ2n) is 3.10. The maximum atomic E-state index is 4.41. The zero-order chi connectivity index (χ0) is 9.26. The van der Waals surface area contributed by atoms with E-state index in [2.05, 4.69) is 15.8 Å². The van der Waals surface area contributed by atoms with Crippen molar-refractivity contribution in [3.63, 3.8) is 0 Å². The van der Waals surface area contributed by atoms with Gasteiger partial charge in [-0.25, -0.2) is 4.99 Å². The molecule has 2 N–H and O–H groups in total. The van der Waals surface area contributed by atoms with E-state index in [1.807, 2.05) is 43.3 Å². The van der Waals surface area contributed by atoms with Gasteiger partial charge in [-0.3, -0.25) is 10.9 Å². The molecule has 0 spiro atoms. The minimum absolute atomic E-state index is 0.818. The number of nitrogens with one attached hydrogen (secondary N) is 2. The topological polar surface area (TPSA) is 39.7 Å². The van der Waals surface area contributed by atoms with E-state index in [1.165, 1.54) is 0 Å². The highest BCUT2D eigenvalue weighted by Crippen LogP contribution is 2.25. The number of rotatable bonds is 0. The summed E-state index contributed by atoms with van der Waals surface area (Å²) in [7, 11) is 3.89. The van der Waals surface area contributed by atoms with Gasteiger partial charge in [0, 0.05) is 14.1 Å². The van der Waals surface area contributed by atoms with Gasteiger partial charge in [-0.1, -0.05) is 12.1 Å². The van der Waals surface area contributed by atoms with Crippen LogP contribution >= 0.6 is 0 Å². The number of aliphatic imine (C=N–C) groups is 1. The molecule has 4 nitrogen and oxygen atoms in total. The molecule has 0 saturated carbocycles. The van der Waals surface area contributed by atoms with Crippen LogP contribution in [0.1, 0.15) is 0 Å². The van der Waals surface area contributed by atoms with Gasteiger partial charge < -0.3 is 4.90 Å². The van der Waals surface area contributed by atoms with Gasteiger partial charge in [0.25, 0.3) is 0 Å². The van der Waals surface area contributed by atoms with E-state index >= 15 is 0 Å². The molecule has 1 aliphatic rings. The lowest BCUT2D eigenvalue weighted by atomic mass is 10.3. The predicted molar refractivity (Wildman–Crippen MR) is 54.0 cm³/mol. The summed E-state index contributed by atoms with van der Waals surface area (Å²) in [5.74, 6) is 0.818. The molecule has 1 aliphatic heterocycles. The van der Waals surface area contributed by atoms with Gasteiger partial charge in [0.15, 0.2) is 0 Å². The standard InChI is InChI=1S/C9H12N4/c1-13(2)9-10-7-5-3-4-6-8(7)11-12-9/h3-6,11H,1-2H3,(H,10,12). The van der Waals surface area contributed by atoms with Crippen molar-refractivity contribution in [2.45, 2.75) is 0 Å². The third-order valence-electron chi connectivity index (χ3n) is 1.86. The van der Waals surface area contributed by atoms with Crippen LogP contribution in [0.5, 0.6) is 0 Å². The van der Waals surface area contributed by atoms with Crippen molar-refractivity contribution >= 4 is 17.3 Å². The maximum Gasteiger partial charge on any atom is 0.217 e. The molecule has 0 aliphatic carbocycles. The van der Waals surface area contributed by atoms with Crippen molar-refractivity contribution in [3.05, 3.63) is 24.3 Å². The van der Waals surface area contributed by atoms with Gasteiger partial charge in [-0.05, 0) is 12.1 Å². The molecule has 0 amide bonds. The first kappa shape index (κ1) is 7.91. The SMILES string of the molecule is CN(C)C1=Nc2ccccc2NN1. The van der Waals surface area contributed by atoms with E-state index < -0.39 is 0 Å². The Morgan fingerprint density at radius 1 is 1.15 bits per heavy atom. The van der Waals surface area contributed by atoms with Crippen LogP contribution in [-0.4, -0.2) is 25.0 Å². The Kier molecular flexibility index (Phi) is 1.81. The number of para-hydroxylation sites is 2. The van der Waals surface area contributed by atoms with Crippen LogP contribution in [0, 0.1) is 0 Å². The summed E-state index contributed by atoms with van der Waals surface area (Å²) in [6.45, 7) is 0. The molecule has 1 aromatic rings. The van der Waals surface area contributed by atoms with Crippen molar-refractivity contribution < 1.29 is 0 Å². The molecule has 2 rings (SSSR count). The summed E-state index contributed by atoms with van der Waals surface area (Å²) in [6.07, 6.45) is 0. The first-order chi connectivity index (χ1) is 6.27. The summed E-state index contributed by atoms with van der Waals surface area (Å²) < 4.78 is 0. The van der Waals surface area contributed by atoms with E-state index in [1.54, 1.807) is 0 Å². The second kappa shape index (κ2) is 2.97. The molecule has 4 heteroatoms. The number of guanidine groups is 1. The third-order valence-corrected chi connectivity index (χ3v) is 1.86. The Hall–Kier alpha value is -1.71. The Balaban J connectivity index is 2.38. The van der Waals surface area contributed by atoms with Crippen molar-refractivity contribution in [3.8, 4) is 0 Å². The molecule has 0 saturated heterocycles. The quantitative estimate of drug-likeness (QED) is 0.623. The molecule has 0 bridgehead atoms. The minimum Gasteiger partial charge on any atom is -0.347 e. The smallest absolute Gasteiger partial charge is 0.217 e. The van der Waals surface area contributed by atoms with E-state index in [0.29, 0.717) is 0 Å². The molecular weight excluding hydrogens is 164 g/mol. The van der Waals surface area contributed by atoms with Gasteiger partial charge in [-0.15, -0.1) is 0 Å². The Labute approximate surface area is 77.2 Å². The molecule has 0 radical (unpaired) electrons. The summed E-state index contributed by atoms with van der Waals surface area (Å²) in [5.41, 5.74) is 8.04. The maximum absolute atomic E-state index is 4.41. The Bertz CT molecular complexity index is 343. The number of fused-ring (bicyclic) bond motifs is 1. The Morgan fingerprint density at radius 3 is 2.69 bits per heavy atom. The number of anilines is 1. The second-order valence-corrected chi connectivity index (χ2v) is 3.10. The molecule has 0 fully saturated rings. The summed E-state index contributed by atoms with van der Waals surface area (Å²) in [5, 5.41) is 0. The number of benzene rings is 1. The Morgan fingerprint density at radius 2 is 1.92 bits per heavy atom. The molecule has 13 heavy (non-hydrogen) atoms. The first-order valence-corrected chi connectivity index (χ1v) is 4.14. The fraction of sp³-hybridized carbons (Fsp3) is 0.222. The van der Waals surface area contributed by atoms with E-state index in [-0.39, 0.29) is 0 Å². The van der Waals surface area contributed by atoms with Crippen LogP contribution in [-0.2, 0) is 0 Å². The summed E-state index contributed by atoms with van der Waals surface area (Å²) in [4.78, 5) is 6.33. The fourth-order valence-corrected chi connectivity index (χ4v) is 1.15. The summed E-state index contributed by atoms with van der Waals surface area (Å²) >= 11 is 0. The highest BCUT2D eigenvalue weighted by atomic mass is 15.5. The minimum atomic E-state index is 0.818. The number of hydrazine groups is 1. The monoisotopic (exact) mass is 176 g/mol. The molecule has 1 heterocycles. The van der Waals surface area contributed by atoms with Gasteiger partial charge >= 0.3 is 0 Å². The van der Waals surface area contributed by atoms with Gasteiger partial charge in [0.05, 0.1) is 11.4 Å². The number of hydrogen-bond donors (Lipinski definition) is 2. The van der Waals surface area contributed by atoms with Crippen LogP contribution in [0.3, 0.4) is 0 Å². The zero-order valence-corrected chi connectivity index (χ0v) is 7.70. The van der Waals surface area contributed by atoms with Crippen molar-refractivity contribution in [1.29, 1.82) is 0 Å². The van der Waals surface area contributed by atoms with E-state index in [0.717, 1.165) is 17.3 Å². The molecule has 0 aromatic heterocycles. The molecular formula is C9H12N4. The normalized spacial score (nSPS) is 13.5. The average Bonchev–Trinajstić information content (AvgIpc) is 2.17. The van der Waals surface area contributed by atoms with Crippen LogP contribution in [0.4, 0.5) is 11.4 Å². The molecule has 68 valence electrons. The molecule has 0 unspecified atom stereocenters. The first-order valence-electron chi connectivity index (χ1n) is 4.14. The van der Waals surface area contributed by atoms with Crippen molar-refractivity contribution in [2.24, 2.45) is 4.99 Å².